The minimum Gasteiger partial charge on any atom is -0.497 e. The SMILES string of the molecule is COc1ccc(S(=O)(=O)N(Cc2cc3cc(C)ccc3[nH]c2=O)CC2COCCO2)cc1. The first-order chi connectivity index (χ1) is 15.4. The largest absolute Gasteiger partial charge is 0.497 e. The van der Waals surface area contributed by atoms with Crippen LogP contribution in [0.4, 0.5) is 0 Å². The van der Waals surface area contributed by atoms with E-state index < -0.39 is 16.1 Å². The molecule has 2 heterocycles. The van der Waals surface area contributed by atoms with Gasteiger partial charge in [0, 0.05) is 24.2 Å². The molecule has 4 rings (SSSR count). The van der Waals surface area contributed by atoms with Crippen molar-refractivity contribution in [2.24, 2.45) is 0 Å². The number of aromatic amines is 1. The first kappa shape index (κ1) is 22.5. The van der Waals surface area contributed by atoms with Gasteiger partial charge in [0.1, 0.15) is 5.75 Å². The number of ether oxygens (including phenoxy) is 3. The Hall–Kier alpha value is -2.72. The Morgan fingerprint density at radius 2 is 1.91 bits per heavy atom. The number of pyridine rings is 1. The van der Waals surface area contributed by atoms with Crippen LogP contribution in [0.5, 0.6) is 5.75 Å². The summed E-state index contributed by atoms with van der Waals surface area (Å²) in [5, 5.41) is 0.846. The molecule has 1 saturated heterocycles. The van der Waals surface area contributed by atoms with E-state index in [1.165, 1.54) is 23.5 Å². The van der Waals surface area contributed by atoms with Crippen LogP contribution in [0, 0.1) is 6.92 Å². The van der Waals surface area contributed by atoms with Crippen LogP contribution in [0.15, 0.2) is 58.2 Å². The molecule has 1 unspecified atom stereocenters. The molecule has 9 heteroatoms. The summed E-state index contributed by atoms with van der Waals surface area (Å²) < 4.78 is 44.6. The number of nitrogens with one attached hydrogen (secondary N) is 1. The molecule has 0 saturated carbocycles. The van der Waals surface area contributed by atoms with Crippen LogP contribution in [-0.2, 0) is 26.0 Å². The molecule has 1 aromatic heterocycles. The molecule has 3 aromatic rings. The molecule has 1 atom stereocenters. The highest BCUT2D eigenvalue weighted by Gasteiger charge is 2.30. The number of fused-ring (bicyclic) bond motifs is 1. The van der Waals surface area contributed by atoms with Gasteiger partial charge in [-0.3, -0.25) is 4.79 Å². The van der Waals surface area contributed by atoms with Gasteiger partial charge in [0.15, 0.2) is 0 Å². The second-order valence-corrected chi connectivity index (χ2v) is 9.69. The van der Waals surface area contributed by atoms with Crippen molar-refractivity contribution in [2.75, 3.05) is 33.5 Å². The monoisotopic (exact) mass is 458 g/mol. The second kappa shape index (κ2) is 9.41. The highest BCUT2D eigenvalue weighted by Crippen LogP contribution is 2.23. The highest BCUT2D eigenvalue weighted by atomic mass is 32.2. The third kappa shape index (κ3) is 4.86. The van der Waals surface area contributed by atoms with Crippen LogP contribution < -0.4 is 10.3 Å². The van der Waals surface area contributed by atoms with E-state index in [0.29, 0.717) is 36.7 Å². The van der Waals surface area contributed by atoms with Crippen molar-refractivity contribution in [3.05, 3.63) is 70.0 Å². The standard InChI is InChI=1S/C23H26N2O6S/c1-16-3-8-22-17(11-16)12-18(23(26)24-22)13-25(14-20-15-30-9-10-31-20)32(27,28)21-6-4-19(29-2)5-7-21/h3-8,11-12,20H,9-10,13-15H2,1-2H3,(H,24,26). The number of rotatable bonds is 7. The van der Waals surface area contributed by atoms with E-state index in [1.807, 2.05) is 25.1 Å². The smallest absolute Gasteiger partial charge is 0.252 e. The second-order valence-electron chi connectivity index (χ2n) is 7.76. The van der Waals surface area contributed by atoms with Gasteiger partial charge in [-0.25, -0.2) is 8.42 Å². The van der Waals surface area contributed by atoms with Crippen molar-refractivity contribution in [2.45, 2.75) is 24.5 Å². The Balaban J connectivity index is 1.71. The van der Waals surface area contributed by atoms with Crippen LogP contribution in [0.1, 0.15) is 11.1 Å². The van der Waals surface area contributed by atoms with Crippen molar-refractivity contribution >= 4 is 20.9 Å². The molecule has 1 aliphatic rings. The van der Waals surface area contributed by atoms with E-state index in [4.69, 9.17) is 14.2 Å². The predicted molar refractivity (Wildman–Crippen MR) is 120 cm³/mol. The molecule has 32 heavy (non-hydrogen) atoms. The molecule has 1 fully saturated rings. The third-order valence-corrected chi connectivity index (χ3v) is 7.24. The molecular weight excluding hydrogens is 432 g/mol. The van der Waals surface area contributed by atoms with Crippen LogP contribution in [-0.4, -0.2) is 57.3 Å². The number of aryl methyl sites for hydroxylation is 1. The fourth-order valence-corrected chi connectivity index (χ4v) is 5.14. The summed E-state index contributed by atoms with van der Waals surface area (Å²) in [5.41, 5.74) is 1.79. The van der Waals surface area contributed by atoms with Crippen molar-refractivity contribution in [3.8, 4) is 5.75 Å². The lowest BCUT2D eigenvalue weighted by Crippen LogP contribution is -2.43. The van der Waals surface area contributed by atoms with E-state index in [1.54, 1.807) is 18.2 Å². The number of sulfonamides is 1. The quantitative estimate of drug-likeness (QED) is 0.584. The van der Waals surface area contributed by atoms with Gasteiger partial charge in [-0.2, -0.15) is 4.31 Å². The molecule has 0 radical (unpaired) electrons. The molecule has 0 amide bonds. The minimum atomic E-state index is -3.91. The lowest BCUT2D eigenvalue weighted by molar-refractivity contribution is -0.0923. The van der Waals surface area contributed by atoms with Crippen LogP contribution >= 0.6 is 0 Å². The zero-order chi connectivity index (χ0) is 22.7. The predicted octanol–water partition coefficient (Wildman–Crippen LogP) is 2.45. The number of hydrogen-bond acceptors (Lipinski definition) is 6. The molecule has 8 nitrogen and oxygen atoms in total. The van der Waals surface area contributed by atoms with E-state index in [2.05, 4.69) is 4.98 Å². The van der Waals surface area contributed by atoms with Gasteiger partial charge in [0.05, 0.1) is 37.9 Å². The van der Waals surface area contributed by atoms with Crippen molar-refractivity contribution in [1.82, 2.24) is 9.29 Å². The summed E-state index contributed by atoms with van der Waals surface area (Å²) >= 11 is 0. The summed E-state index contributed by atoms with van der Waals surface area (Å²) in [6, 6.07) is 13.6. The molecule has 1 N–H and O–H groups in total. The number of aromatic nitrogens is 1. The zero-order valence-corrected chi connectivity index (χ0v) is 18.9. The first-order valence-corrected chi connectivity index (χ1v) is 11.8. The van der Waals surface area contributed by atoms with Crippen LogP contribution in [0.25, 0.3) is 10.9 Å². The van der Waals surface area contributed by atoms with Gasteiger partial charge in [-0.05, 0) is 54.8 Å². The van der Waals surface area contributed by atoms with Crippen molar-refractivity contribution < 1.29 is 22.6 Å². The third-order valence-electron chi connectivity index (χ3n) is 5.41. The Morgan fingerprint density at radius 3 is 2.59 bits per heavy atom. The number of H-pyrrole nitrogens is 1. The normalized spacial score (nSPS) is 17.0. The maximum atomic E-state index is 13.5. The molecule has 2 aromatic carbocycles. The summed E-state index contributed by atoms with van der Waals surface area (Å²) in [6.45, 7) is 3.11. The van der Waals surface area contributed by atoms with Gasteiger partial charge in [0.2, 0.25) is 10.0 Å². The van der Waals surface area contributed by atoms with E-state index in [-0.39, 0.29) is 23.5 Å². The Kier molecular flexibility index (Phi) is 6.61. The average molecular weight is 459 g/mol. The zero-order valence-electron chi connectivity index (χ0n) is 18.0. The fourth-order valence-electron chi connectivity index (χ4n) is 3.69. The van der Waals surface area contributed by atoms with Gasteiger partial charge in [-0.15, -0.1) is 0 Å². The summed E-state index contributed by atoms with van der Waals surface area (Å²) in [4.78, 5) is 15.7. The molecule has 0 bridgehead atoms. The molecular formula is C23H26N2O6S. The van der Waals surface area contributed by atoms with Crippen LogP contribution in [0.3, 0.4) is 0 Å². The minimum absolute atomic E-state index is 0.0691. The van der Waals surface area contributed by atoms with Crippen LogP contribution in [0.2, 0.25) is 0 Å². The Labute approximate surface area is 186 Å². The van der Waals surface area contributed by atoms with E-state index in [0.717, 1.165) is 10.9 Å². The fraction of sp³-hybridized carbons (Fsp3) is 0.348. The average Bonchev–Trinajstić information content (AvgIpc) is 2.80. The van der Waals surface area contributed by atoms with E-state index in [9.17, 15) is 13.2 Å². The maximum absolute atomic E-state index is 13.5. The lowest BCUT2D eigenvalue weighted by Gasteiger charge is -2.29. The van der Waals surface area contributed by atoms with Gasteiger partial charge < -0.3 is 19.2 Å². The first-order valence-electron chi connectivity index (χ1n) is 10.3. The highest BCUT2D eigenvalue weighted by molar-refractivity contribution is 7.89. The number of nitrogens with zero attached hydrogens (tertiary/aromatic N) is 1. The van der Waals surface area contributed by atoms with Gasteiger partial charge >= 0.3 is 0 Å². The maximum Gasteiger partial charge on any atom is 0.252 e. The van der Waals surface area contributed by atoms with Crippen molar-refractivity contribution in [3.63, 3.8) is 0 Å². The summed E-state index contributed by atoms with van der Waals surface area (Å²) in [7, 11) is -2.39. The van der Waals surface area contributed by atoms with E-state index >= 15 is 0 Å². The Bertz CT molecular complexity index is 1250. The molecule has 1 aliphatic heterocycles. The Morgan fingerprint density at radius 1 is 1.12 bits per heavy atom. The number of methoxy groups -OCH3 is 1. The molecule has 0 aliphatic carbocycles. The number of benzene rings is 2. The topological polar surface area (TPSA) is 97.9 Å². The summed E-state index contributed by atoms with van der Waals surface area (Å²) in [5.74, 6) is 0.556. The lowest BCUT2D eigenvalue weighted by atomic mass is 10.1. The van der Waals surface area contributed by atoms with Crippen molar-refractivity contribution in [1.29, 1.82) is 0 Å². The number of hydrogen-bond donors (Lipinski definition) is 1. The molecule has 0 spiro atoms. The van der Waals surface area contributed by atoms with Gasteiger partial charge in [0.25, 0.3) is 5.56 Å². The summed E-state index contributed by atoms with van der Waals surface area (Å²) in [6.07, 6.45) is -0.418. The van der Waals surface area contributed by atoms with Gasteiger partial charge in [-0.1, -0.05) is 11.6 Å². The molecule has 170 valence electrons.